The number of phenolic OH excluding ortho intramolecular Hbond substituents is 2. The first-order valence-electron chi connectivity index (χ1n) is 7.45. The minimum Gasteiger partial charge on any atom is -0.507 e. The van der Waals surface area contributed by atoms with Gasteiger partial charge in [-0.2, -0.15) is 0 Å². The van der Waals surface area contributed by atoms with Crippen LogP contribution in [0.4, 0.5) is 0 Å². The van der Waals surface area contributed by atoms with Gasteiger partial charge in [-0.05, 0) is 44.9 Å². The molecule has 0 aromatic heterocycles. The lowest BCUT2D eigenvalue weighted by atomic mass is 9.88. The van der Waals surface area contributed by atoms with Gasteiger partial charge in [0.25, 0.3) is 0 Å². The summed E-state index contributed by atoms with van der Waals surface area (Å²) in [7, 11) is 0. The molecular weight excluding hydrogens is 270 g/mol. The second kappa shape index (κ2) is 5.93. The maximum absolute atomic E-state index is 11.9. The molecule has 3 N–H and O–H groups in total. The molecule has 5 heteroatoms. The molecule has 2 atom stereocenters. The van der Waals surface area contributed by atoms with Crippen molar-refractivity contribution in [2.24, 2.45) is 0 Å². The molecule has 2 rings (SSSR count). The Morgan fingerprint density at radius 3 is 2.52 bits per heavy atom. The number of phenols is 2. The van der Waals surface area contributed by atoms with Crippen LogP contribution in [0.15, 0.2) is 18.2 Å². The van der Waals surface area contributed by atoms with E-state index in [1.807, 2.05) is 18.7 Å². The Morgan fingerprint density at radius 2 is 2.00 bits per heavy atom. The predicted octanol–water partition coefficient (Wildman–Crippen LogP) is 2.88. The fraction of sp³-hybridized carbons (Fsp3) is 0.562. The molecule has 0 saturated carbocycles. The summed E-state index contributed by atoms with van der Waals surface area (Å²) in [5, 5.41) is 29.8. The summed E-state index contributed by atoms with van der Waals surface area (Å²) in [4.78, 5) is 13.8. The lowest BCUT2D eigenvalue weighted by Gasteiger charge is -2.39. The van der Waals surface area contributed by atoms with Crippen molar-refractivity contribution < 1.29 is 20.1 Å². The van der Waals surface area contributed by atoms with Crippen molar-refractivity contribution in [3.8, 4) is 11.5 Å². The van der Waals surface area contributed by atoms with Gasteiger partial charge in [-0.25, -0.2) is 0 Å². The number of rotatable bonds is 5. The molecule has 1 aromatic rings. The number of nitrogens with zero attached hydrogens (tertiary/aromatic N) is 1. The first-order chi connectivity index (χ1) is 9.94. The molecule has 0 bridgehead atoms. The van der Waals surface area contributed by atoms with E-state index in [1.54, 1.807) is 6.07 Å². The maximum Gasteiger partial charge on any atom is 0.324 e. The van der Waals surface area contributed by atoms with Gasteiger partial charge in [-0.3, -0.25) is 9.69 Å². The third kappa shape index (κ3) is 2.58. The molecule has 5 nitrogen and oxygen atoms in total. The number of hydrogen-bond acceptors (Lipinski definition) is 4. The Kier molecular flexibility index (Phi) is 4.42. The van der Waals surface area contributed by atoms with Gasteiger partial charge in [-0.15, -0.1) is 0 Å². The molecule has 0 radical (unpaired) electrons. The largest absolute Gasteiger partial charge is 0.507 e. The summed E-state index contributed by atoms with van der Waals surface area (Å²) in [6, 6.07) is 4.26. The molecule has 0 amide bonds. The van der Waals surface area contributed by atoms with E-state index in [-0.39, 0.29) is 17.5 Å². The minimum atomic E-state index is -0.900. The summed E-state index contributed by atoms with van der Waals surface area (Å²) in [5.74, 6) is -0.806. The van der Waals surface area contributed by atoms with Gasteiger partial charge in [0, 0.05) is 6.04 Å². The fourth-order valence-electron chi connectivity index (χ4n) is 3.61. The smallest absolute Gasteiger partial charge is 0.324 e. The molecular formula is C16H23NO4. The van der Waals surface area contributed by atoms with Crippen LogP contribution in [0.2, 0.25) is 0 Å². The molecule has 0 spiro atoms. The Morgan fingerprint density at radius 1 is 1.38 bits per heavy atom. The van der Waals surface area contributed by atoms with Crippen molar-refractivity contribution in [2.75, 3.05) is 6.54 Å². The number of carboxylic acid groups (broad SMARTS) is 1. The van der Waals surface area contributed by atoms with Crippen LogP contribution in [0.5, 0.6) is 11.5 Å². The summed E-state index contributed by atoms with van der Waals surface area (Å²) in [6.07, 6.45) is 2.77. The van der Waals surface area contributed by atoms with E-state index in [0.29, 0.717) is 24.9 Å². The number of likely N-dealkylation sites (tertiary alicyclic amines) is 1. The van der Waals surface area contributed by atoms with Crippen LogP contribution < -0.4 is 0 Å². The summed E-state index contributed by atoms with van der Waals surface area (Å²) in [5.41, 5.74) is -0.496. The van der Waals surface area contributed by atoms with Gasteiger partial charge in [0.05, 0.1) is 5.56 Å². The first kappa shape index (κ1) is 15.6. The lowest BCUT2D eigenvalue weighted by Crippen LogP contribution is -2.51. The summed E-state index contributed by atoms with van der Waals surface area (Å²) < 4.78 is 0. The van der Waals surface area contributed by atoms with Crippen LogP contribution in [0.3, 0.4) is 0 Å². The monoisotopic (exact) mass is 293 g/mol. The van der Waals surface area contributed by atoms with Crippen LogP contribution in [0.25, 0.3) is 0 Å². The number of aromatic hydroxyl groups is 2. The Hall–Kier alpha value is -1.75. The van der Waals surface area contributed by atoms with Crippen LogP contribution >= 0.6 is 0 Å². The predicted molar refractivity (Wildman–Crippen MR) is 79.4 cm³/mol. The van der Waals surface area contributed by atoms with Crippen LogP contribution in [-0.2, 0) is 4.79 Å². The summed E-state index contributed by atoms with van der Waals surface area (Å²) >= 11 is 0. The van der Waals surface area contributed by atoms with E-state index < -0.39 is 11.5 Å². The molecule has 1 aromatic carbocycles. The highest BCUT2D eigenvalue weighted by Crippen LogP contribution is 2.44. The second-order valence-electron chi connectivity index (χ2n) is 5.77. The lowest BCUT2D eigenvalue weighted by molar-refractivity contribution is -0.151. The molecule has 1 saturated heterocycles. The van der Waals surface area contributed by atoms with E-state index in [0.717, 1.165) is 12.8 Å². The minimum absolute atomic E-state index is 0.00480. The van der Waals surface area contributed by atoms with Crippen molar-refractivity contribution in [3.63, 3.8) is 0 Å². The SMILES string of the molecule is CCCC1(C(=O)O)CCCN1C(C)c1c(O)cccc1O. The third-order valence-electron chi connectivity index (χ3n) is 4.55. The molecule has 1 aliphatic heterocycles. The molecule has 21 heavy (non-hydrogen) atoms. The van der Waals surface area contributed by atoms with Gasteiger partial charge in [0.1, 0.15) is 17.0 Å². The third-order valence-corrected chi connectivity index (χ3v) is 4.55. The van der Waals surface area contributed by atoms with E-state index in [2.05, 4.69) is 0 Å². The van der Waals surface area contributed by atoms with Crippen molar-refractivity contribution in [2.45, 2.75) is 51.1 Å². The van der Waals surface area contributed by atoms with Gasteiger partial charge in [0.2, 0.25) is 0 Å². The van der Waals surface area contributed by atoms with Gasteiger partial charge >= 0.3 is 5.97 Å². The number of carbonyl (C=O) groups is 1. The highest BCUT2D eigenvalue weighted by molar-refractivity contribution is 5.79. The normalized spacial score (nSPS) is 24.1. The van der Waals surface area contributed by atoms with Gasteiger partial charge in [-0.1, -0.05) is 19.4 Å². The van der Waals surface area contributed by atoms with Crippen molar-refractivity contribution in [1.82, 2.24) is 4.90 Å². The maximum atomic E-state index is 11.9. The second-order valence-corrected chi connectivity index (χ2v) is 5.77. The van der Waals surface area contributed by atoms with Crippen molar-refractivity contribution >= 4 is 5.97 Å². The highest BCUT2D eigenvalue weighted by atomic mass is 16.4. The van der Waals surface area contributed by atoms with Crippen LogP contribution in [-0.4, -0.2) is 38.3 Å². The Balaban J connectivity index is 2.41. The van der Waals surface area contributed by atoms with Crippen molar-refractivity contribution in [3.05, 3.63) is 23.8 Å². The van der Waals surface area contributed by atoms with Crippen LogP contribution in [0.1, 0.15) is 51.1 Å². The van der Waals surface area contributed by atoms with E-state index in [4.69, 9.17) is 0 Å². The molecule has 0 aliphatic carbocycles. The highest BCUT2D eigenvalue weighted by Gasteiger charge is 2.49. The standard InChI is InChI=1S/C16H23NO4/c1-3-8-16(15(20)21)9-5-10-17(16)11(2)14-12(18)6-4-7-13(14)19/h4,6-7,11,18-19H,3,5,8-10H2,1-2H3,(H,20,21). The zero-order valence-electron chi connectivity index (χ0n) is 12.5. The molecule has 1 fully saturated rings. The average Bonchev–Trinajstić information content (AvgIpc) is 2.84. The van der Waals surface area contributed by atoms with Crippen molar-refractivity contribution in [1.29, 1.82) is 0 Å². The number of aliphatic carboxylic acids is 1. The first-order valence-corrected chi connectivity index (χ1v) is 7.45. The number of carboxylic acids is 1. The number of hydrogen-bond donors (Lipinski definition) is 3. The van der Waals surface area contributed by atoms with Gasteiger partial charge in [0.15, 0.2) is 0 Å². The molecule has 116 valence electrons. The molecule has 1 heterocycles. The van der Waals surface area contributed by atoms with Gasteiger partial charge < -0.3 is 15.3 Å². The average molecular weight is 293 g/mol. The Labute approximate surface area is 124 Å². The number of benzene rings is 1. The summed E-state index contributed by atoms with van der Waals surface area (Å²) in [6.45, 7) is 4.47. The fourth-order valence-corrected chi connectivity index (χ4v) is 3.61. The molecule has 1 aliphatic rings. The van der Waals surface area contributed by atoms with E-state index in [1.165, 1.54) is 12.1 Å². The topological polar surface area (TPSA) is 81.0 Å². The molecule has 2 unspecified atom stereocenters. The Bertz CT molecular complexity index is 511. The quantitative estimate of drug-likeness (QED) is 0.777. The zero-order chi connectivity index (χ0) is 15.6. The van der Waals surface area contributed by atoms with Crippen LogP contribution in [0, 0.1) is 0 Å². The zero-order valence-corrected chi connectivity index (χ0v) is 12.5. The van der Waals surface area contributed by atoms with E-state index in [9.17, 15) is 20.1 Å². The van der Waals surface area contributed by atoms with E-state index >= 15 is 0 Å².